The molecule has 4 unspecified atom stereocenters. The van der Waals surface area contributed by atoms with E-state index in [0.717, 1.165) is 36.6 Å². The fraction of sp³-hybridized carbons (Fsp3) is 1.00. The maximum Gasteiger partial charge on any atom is 0.0133 e. The van der Waals surface area contributed by atoms with Gasteiger partial charge in [0.15, 0.2) is 0 Å². The summed E-state index contributed by atoms with van der Waals surface area (Å²) >= 11 is 0. The Balaban J connectivity index is 1.62. The molecule has 3 rings (SSSR count). The summed E-state index contributed by atoms with van der Waals surface area (Å²) in [6.45, 7) is 5.74. The van der Waals surface area contributed by atoms with Crippen molar-refractivity contribution >= 4 is 0 Å². The molecular formula is C14H26N2. The summed E-state index contributed by atoms with van der Waals surface area (Å²) in [6, 6.07) is 3.64. The van der Waals surface area contributed by atoms with Crippen LogP contribution in [0.15, 0.2) is 0 Å². The topological polar surface area (TPSA) is 15.3 Å². The highest BCUT2D eigenvalue weighted by molar-refractivity contribution is 5.06. The number of hydrogen-bond acceptors (Lipinski definition) is 2. The molecule has 0 aromatic carbocycles. The molecular weight excluding hydrogens is 196 g/mol. The van der Waals surface area contributed by atoms with Crippen molar-refractivity contribution in [1.29, 1.82) is 0 Å². The number of rotatable bonds is 4. The summed E-state index contributed by atoms with van der Waals surface area (Å²) in [6.07, 6.45) is 8.67. The van der Waals surface area contributed by atoms with Gasteiger partial charge in [0.25, 0.3) is 0 Å². The van der Waals surface area contributed by atoms with Crippen LogP contribution in [0.25, 0.3) is 0 Å². The minimum Gasteiger partial charge on any atom is -0.314 e. The molecule has 4 atom stereocenters. The predicted octanol–water partition coefficient (Wildman–Crippen LogP) is 2.39. The zero-order chi connectivity index (χ0) is 11.1. The van der Waals surface area contributed by atoms with E-state index in [-0.39, 0.29) is 0 Å². The Morgan fingerprint density at radius 2 is 1.75 bits per heavy atom. The highest BCUT2D eigenvalue weighted by Crippen LogP contribution is 2.47. The summed E-state index contributed by atoms with van der Waals surface area (Å²) in [7, 11) is 0. The Hall–Kier alpha value is -0.0800. The number of fused-ring (bicyclic) bond motifs is 2. The van der Waals surface area contributed by atoms with Gasteiger partial charge in [-0.15, -0.1) is 0 Å². The lowest BCUT2D eigenvalue weighted by Crippen LogP contribution is -2.50. The molecule has 1 saturated carbocycles. The molecule has 0 radical (unpaired) electrons. The van der Waals surface area contributed by atoms with E-state index in [1.165, 1.54) is 38.5 Å². The van der Waals surface area contributed by atoms with Gasteiger partial charge in [-0.3, -0.25) is 4.90 Å². The van der Waals surface area contributed by atoms with E-state index in [1.807, 2.05) is 0 Å². The van der Waals surface area contributed by atoms with Crippen LogP contribution in [0.5, 0.6) is 0 Å². The zero-order valence-corrected chi connectivity index (χ0v) is 10.8. The van der Waals surface area contributed by atoms with Gasteiger partial charge < -0.3 is 5.32 Å². The van der Waals surface area contributed by atoms with Crippen molar-refractivity contribution in [1.82, 2.24) is 10.2 Å². The Kier molecular flexibility index (Phi) is 2.97. The normalized spacial score (nSPS) is 47.2. The third-order valence-corrected chi connectivity index (χ3v) is 5.07. The predicted molar refractivity (Wildman–Crippen MR) is 67.5 cm³/mol. The van der Waals surface area contributed by atoms with Crippen LogP contribution in [-0.2, 0) is 0 Å². The average Bonchev–Trinajstić information content (AvgIpc) is 3.01. The number of nitrogens with zero attached hydrogens (tertiary/aromatic N) is 1. The first-order chi connectivity index (χ1) is 7.83. The van der Waals surface area contributed by atoms with E-state index in [4.69, 9.17) is 0 Å². The molecule has 2 aliphatic heterocycles. The summed E-state index contributed by atoms with van der Waals surface area (Å²) in [5.41, 5.74) is 0. The number of nitrogens with one attached hydrogen (secondary N) is 1. The second kappa shape index (κ2) is 4.30. The molecule has 1 N–H and O–H groups in total. The lowest BCUT2D eigenvalue weighted by atomic mass is 9.97. The van der Waals surface area contributed by atoms with Crippen LogP contribution >= 0.6 is 0 Å². The van der Waals surface area contributed by atoms with Crippen molar-refractivity contribution in [3.05, 3.63) is 0 Å². The SMILES string of the molecule is CCNC1CC2CCC(C1)N2C1CC1CC. The van der Waals surface area contributed by atoms with E-state index in [1.54, 1.807) is 0 Å². The Labute approximate surface area is 99.8 Å². The quantitative estimate of drug-likeness (QED) is 0.786. The van der Waals surface area contributed by atoms with Gasteiger partial charge in [-0.05, 0) is 44.6 Å². The minimum absolute atomic E-state index is 0.817. The number of piperidine rings is 1. The van der Waals surface area contributed by atoms with Crippen molar-refractivity contribution in [3.63, 3.8) is 0 Å². The van der Waals surface area contributed by atoms with Crippen molar-refractivity contribution in [2.24, 2.45) is 5.92 Å². The van der Waals surface area contributed by atoms with Gasteiger partial charge in [0.1, 0.15) is 0 Å². The molecule has 1 aliphatic carbocycles. The van der Waals surface area contributed by atoms with E-state index in [9.17, 15) is 0 Å². The van der Waals surface area contributed by atoms with Crippen LogP contribution in [-0.4, -0.2) is 35.6 Å². The second-order valence-corrected chi connectivity index (χ2v) is 6.03. The molecule has 2 saturated heterocycles. The van der Waals surface area contributed by atoms with Crippen LogP contribution in [0.4, 0.5) is 0 Å². The van der Waals surface area contributed by atoms with Crippen molar-refractivity contribution in [2.75, 3.05) is 6.54 Å². The van der Waals surface area contributed by atoms with E-state index in [2.05, 4.69) is 24.1 Å². The van der Waals surface area contributed by atoms with Gasteiger partial charge in [0.2, 0.25) is 0 Å². The highest BCUT2D eigenvalue weighted by atomic mass is 15.3. The van der Waals surface area contributed by atoms with Gasteiger partial charge in [-0.1, -0.05) is 20.3 Å². The lowest BCUT2D eigenvalue weighted by molar-refractivity contribution is 0.103. The fourth-order valence-electron chi connectivity index (χ4n) is 4.25. The first-order valence-electron chi connectivity index (χ1n) is 7.34. The van der Waals surface area contributed by atoms with Crippen LogP contribution < -0.4 is 5.32 Å². The second-order valence-electron chi connectivity index (χ2n) is 6.03. The smallest absolute Gasteiger partial charge is 0.0133 e. The zero-order valence-electron chi connectivity index (χ0n) is 10.8. The summed E-state index contributed by atoms with van der Waals surface area (Å²) in [4.78, 5) is 2.92. The fourth-order valence-corrected chi connectivity index (χ4v) is 4.25. The van der Waals surface area contributed by atoms with Gasteiger partial charge in [0.05, 0.1) is 0 Å². The third-order valence-electron chi connectivity index (χ3n) is 5.07. The first-order valence-corrected chi connectivity index (χ1v) is 7.34. The van der Waals surface area contributed by atoms with E-state index >= 15 is 0 Å². The largest absolute Gasteiger partial charge is 0.314 e. The maximum absolute atomic E-state index is 3.66. The van der Waals surface area contributed by atoms with Crippen molar-refractivity contribution < 1.29 is 0 Å². The van der Waals surface area contributed by atoms with E-state index in [0.29, 0.717) is 0 Å². The molecule has 3 aliphatic rings. The Morgan fingerprint density at radius 3 is 2.25 bits per heavy atom. The van der Waals surface area contributed by atoms with Crippen molar-refractivity contribution in [2.45, 2.75) is 76.5 Å². The van der Waals surface area contributed by atoms with E-state index < -0.39 is 0 Å². The number of hydrogen-bond donors (Lipinski definition) is 1. The summed E-state index contributed by atoms with van der Waals surface area (Å²) in [5.74, 6) is 1.04. The van der Waals surface area contributed by atoms with Gasteiger partial charge in [-0.25, -0.2) is 0 Å². The molecule has 2 bridgehead atoms. The third kappa shape index (κ3) is 1.80. The monoisotopic (exact) mass is 222 g/mol. The minimum atomic E-state index is 0.817. The summed E-state index contributed by atoms with van der Waals surface area (Å²) < 4.78 is 0. The molecule has 16 heavy (non-hydrogen) atoms. The van der Waals surface area contributed by atoms with Crippen LogP contribution in [0, 0.1) is 5.92 Å². The molecule has 0 spiro atoms. The summed E-state index contributed by atoms with van der Waals surface area (Å²) in [5, 5.41) is 3.66. The molecule has 92 valence electrons. The first kappa shape index (κ1) is 11.0. The van der Waals surface area contributed by atoms with Gasteiger partial charge in [0, 0.05) is 24.2 Å². The molecule has 0 amide bonds. The van der Waals surface area contributed by atoms with Crippen LogP contribution in [0.1, 0.15) is 52.4 Å². The Morgan fingerprint density at radius 1 is 1.06 bits per heavy atom. The van der Waals surface area contributed by atoms with Crippen LogP contribution in [0.3, 0.4) is 0 Å². The van der Waals surface area contributed by atoms with Crippen LogP contribution in [0.2, 0.25) is 0 Å². The molecule has 0 aromatic rings. The standard InChI is InChI=1S/C14H26N2/c1-3-10-7-14(10)16-12-5-6-13(16)9-11(8-12)15-4-2/h10-15H,3-9H2,1-2H3. The lowest BCUT2D eigenvalue weighted by Gasteiger charge is -2.39. The molecule has 2 heteroatoms. The molecule has 2 nitrogen and oxygen atoms in total. The van der Waals surface area contributed by atoms with Gasteiger partial charge >= 0.3 is 0 Å². The van der Waals surface area contributed by atoms with Gasteiger partial charge in [-0.2, -0.15) is 0 Å². The molecule has 0 aromatic heterocycles. The maximum atomic E-state index is 3.66. The molecule has 2 heterocycles. The average molecular weight is 222 g/mol. The molecule has 3 fully saturated rings. The highest BCUT2D eigenvalue weighted by Gasteiger charge is 2.50. The van der Waals surface area contributed by atoms with Crippen molar-refractivity contribution in [3.8, 4) is 0 Å². The Bertz CT molecular complexity index is 239.